The van der Waals surface area contributed by atoms with Crippen LogP contribution in [0.1, 0.15) is 24.0 Å². The molecule has 1 aromatic carbocycles. The Morgan fingerprint density at radius 1 is 1.42 bits per heavy atom. The third-order valence-electron chi connectivity index (χ3n) is 3.73. The second kappa shape index (κ2) is 4.88. The molecule has 1 unspecified atom stereocenters. The van der Waals surface area contributed by atoms with Crippen LogP contribution in [0.4, 0.5) is 5.82 Å². The van der Waals surface area contributed by atoms with E-state index in [1.165, 1.54) is 11.1 Å². The molecule has 1 aliphatic carbocycles. The molecule has 0 saturated carbocycles. The van der Waals surface area contributed by atoms with E-state index in [0.717, 1.165) is 13.0 Å². The maximum Gasteiger partial charge on any atom is 0.293 e. The van der Waals surface area contributed by atoms with Gasteiger partial charge in [-0.3, -0.25) is 4.79 Å². The Kier molecular flexibility index (Phi) is 3.07. The molecule has 1 aliphatic rings. The molecule has 0 radical (unpaired) electrons. The van der Waals surface area contributed by atoms with Crippen LogP contribution in [0.2, 0.25) is 0 Å². The lowest BCUT2D eigenvalue weighted by atomic mass is 9.78. The number of rotatable bonds is 4. The first-order chi connectivity index (χ1) is 9.29. The predicted octanol–water partition coefficient (Wildman–Crippen LogP) is 2.01. The van der Waals surface area contributed by atoms with Gasteiger partial charge >= 0.3 is 0 Å². The fourth-order valence-electron chi connectivity index (χ4n) is 2.58. The lowest BCUT2D eigenvalue weighted by Crippen LogP contribution is -2.29. The van der Waals surface area contributed by atoms with E-state index in [2.05, 4.69) is 34.6 Å². The Labute approximate surface area is 112 Å². The van der Waals surface area contributed by atoms with Crippen molar-refractivity contribution in [3.8, 4) is 0 Å². The van der Waals surface area contributed by atoms with Crippen molar-refractivity contribution >= 4 is 5.82 Å². The normalized spacial score (nSPS) is 16.6. The van der Waals surface area contributed by atoms with Crippen molar-refractivity contribution in [2.45, 2.75) is 25.8 Å². The average molecular weight is 255 g/mol. The molecule has 98 valence electrons. The maximum atomic E-state index is 12.0. The number of anilines is 1. The van der Waals surface area contributed by atoms with Crippen molar-refractivity contribution in [2.24, 2.45) is 0 Å². The van der Waals surface area contributed by atoms with Gasteiger partial charge in [0, 0.05) is 31.4 Å². The van der Waals surface area contributed by atoms with Crippen LogP contribution in [-0.4, -0.2) is 16.1 Å². The minimum Gasteiger partial charge on any atom is -0.365 e. The van der Waals surface area contributed by atoms with Crippen molar-refractivity contribution in [2.75, 3.05) is 11.9 Å². The van der Waals surface area contributed by atoms with E-state index in [9.17, 15) is 4.79 Å². The van der Waals surface area contributed by atoms with Crippen molar-refractivity contribution < 1.29 is 0 Å². The van der Waals surface area contributed by atoms with E-state index < -0.39 is 0 Å². The van der Waals surface area contributed by atoms with E-state index >= 15 is 0 Å². The lowest BCUT2D eigenvalue weighted by Gasteiger charge is -2.30. The number of fused-ring (bicyclic) bond motifs is 1. The van der Waals surface area contributed by atoms with Gasteiger partial charge < -0.3 is 9.88 Å². The standard InChI is InChI=1S/C15H17N3O/c1-2-18-8-7-16-14(15(18)19)17-10-12-9-11-5-3-4-6-13(11)12/h3-8,12H,2,9-10H2,1H3,(H,16,17). The van der Waals surface area contributed by atoms with Crippen LogP contribution in [0.5, 0.6) is 0 Å². The van der Waals surface area contributed by atoms with Crippen LogP contribution in [0.25, 0.3) is 0 Å². The first-order valence-electron chi connectivity index (χ1n) is 6.66. The Bertz CT molecular complexity index is 648. The van der Waals surface area contributed by atoms with E-state index in [-0.39, 0.29) is 5.56 Å². The van der Waals surface area contributed by atoms with Gasteiger partial charge in [-0.05, 0) is 24.5 Å². The van der Waals surface area contributed by atoms with Gasteiger partial charge in [-0.1, -0.05) is 24.3 Å². The monoisotopic (exact) mass is 255 g/mol. The number of hydrogen-bond acceptors (Lipinski definition) is 3. The Morgan fingerprint density at radius 3 is 3.05 bits per heavy atom. The number of benzene rings is 1. The summed E-state index contributed by atoms with van der Waals surface area (Å²) in [5.41, 5.74) is 2.76. The summed E-state index contributed by atoms with van der Waals surface area (Å²) in [7, 11) is 0. The molecule has 1 atom stereocenters. The van der Waals surface area contributed by atoms with E-state index in [1.54, 1.807) is 17.0 Å². The van der Waals surface area contributed by atoms with Gasteiger partial charge in [-0.2, -0.15) is 0 Å². The summed E-state index contributed by atoms with van der Waals surface area (Å²) in [6.07, 6.45) is 4.46. The predicted molar refractivity (Wildman–Crippen MR) is 75.5 cm³/mol. The number of aryl methyl sites for hydroxylation is 1. The summed E-state index contributed by atoms with van der Waals surface area (Å²) in [6, 6.07) is 8.46. The molecule has 0 saturated heterocycles. The summed E-state index contributed by atoms with van der Waals surface area (Å²) in [5, 5.41) is 3.19. The highest BCUT2D eigenvalue weighted by molar-refractivity contribution is 5.42. The molecule has 0 fully saturated rings. The zero-order valence-corrected chi connectivity index (χ0v) is 11.0. The van der Waals surface area contributed by atoms with E-state index in [4.69, 9.17) is 0 Å². The summed E-state index contributed by atoms with van der Waals surface area (Å²) in [5.74, 6) is 0.946. The zero-order valence-electron chi connectivity index (χ0n) is 11.0. The topological polar surface area (TPSA) is 46.9 Å². The third kappa shape index (κ3) is 2.14. The van der Waals surface area contributed by atoms with Crippen molar-refractivity contribution in [3.05, 3.63) is 58.1 Å². The van der Waals surface area contributed by atoms with E-state index in [0.29, 0.717) is 18.3 Å². The van der Waals surface area contributed by atoms with Crippen LogP contribution in [-0.2, 0) is 13.0 Å². The molecule has 19 heavy (non-hydrogen) atoms. The smallest absolute Gasteiger partial charge is 0.293 e. The largest absolute Gasteiger partial charge is 0.365 e. The molecule has 0 aliphatic heterocycles. The van der Waals surface area contributed by atoms with Gasteiger partial charge in [-0.25, -0.2) is 4.98 Å². The van der Waals surface area contributed by atoms with Gasteiger partial charge in [0.2, 0.25) is 0 Å². The molecule has 0 spiro atoms. The van der Waals surface area contributed by atoms with Gasteiger partial charge in [-0.15, -0.1) is 0 Å². The fraction of sp³-hybridized carbons (Fsp3) is 0.333. The summed E-state index contributed by atoms with van der Waals surface area (Å²) in [4.78, 5) is 16.1. The van der Waals surface area contributed by atoms with E-state index in [1.807, 2.05) is 6.92 Å². The molecule has 1 N–H and O–H groups in total. The number of nitrogens with zero attached hydrogens (tertiary/aromatic N) is 2. The van der Waals surface area contributed by atoms with Crippen LogP contribution in [0.3, 0.4) is 0 Å². The summed E-state index contributed by atoms with van der Waals surface area (Å²) < 4.78 is 1.66. The minimum absolute atomic E-state index is 0.0439. The lowest BCUT2D eigenvalue weighted by molar-refractivity contribution is 0.631. The number of nitrogens with one attached hydrogen (secondary N) is 1. The third-order valence-corrected chi connectivity index (χ3v) is 3.73. The molecule has 1 aromatic heterocycles. The second-order valence-electron chi connectivity index (χ2n) is 4.85. The van der Waals surface area contributed by atoms with Crippen LogP contribution >= 0.6 is 0 Å². The van der Waals surface area contributed by atoms with Crippen molar-refractivity contribution in [1.29, 1.82) is 0 Å². The number of aromatic nitrogens is 2. The second-order valence-corrected chi connectivity index (χ2v) is 4.85. The molecule has 4 heteroatoms. The van der Waals surface area contributed by atoms with Crippen LogP contribution < -0.4 is 10.9 Å². The highest BCUT2D eigenvalue weighted by atomic mass is 16.1. The maximum absolute atomic E-state index is 12.0. The SMILES string of the molecule is CCn1ccnc(NCC2Cc3ccccc32)c1=O. The highest BCUT2D eigenvalue weighted by Gasteiger charge is 2.25. The quantitative estimate of drug-likeness (QED) is 0.909. The first-order valence-corrected chi connectivity index (χ1v) is 6.66. The average Bonchev–Trinajstić information content (AvgIpc) is 2.41. The summed E-state index contributed by atoms with van der Waals surface area (Å²) >= 11 is 0. The van der Waals surface area contributed by atoms with Gasteiger partial charge in [0.15, 0.2) is 5.82 Å². The molecule has 2 aromatic rings. The zero-order chi connectivity index (χ0) is 13.2. The van der Waals surface area contributed by atoms with Crippen LogP contribution in [0, 0.1) is 0 Å². The molecular formula is C15H17N3O. The molecule has 3 rings (SSSR count). The molecule has 0 bridgehead atoms. The van der Waals surface area contributed by atoms with Gasteiger partial charge in [0.25, 0.3) is 5.56 Å². The molecule has 4 nitrogen and oxygen atoms in total. The summed E-state index contributed by atoms with van der Waals surface area (Å²) in [6.45, 7) is 3.39. The van der Waals surface area contributed by atoms with Gasteiger partial charge in [0.1, 0.15) is 0 Å². The molecular weight excluding hydrogens is 238 g/mol. The minimum atomic E-state index is -0.0439. The highest BCUT2D eigenvalue weighted by Crippen LogP contribution is 2.34. The van der Waals surface area contributed by atoms with Crippen molar-refractivity contribution in [1.82, 2.24) is 9.55 Å². The Balaban J connectivity index is 1.70. The molecule has 1 heterocycles. The Morgan fingerprint density at radius 2 is 2.26 bits per heavy atom. The van der Waals surface area contributed by atoms with Gasteiger partial charge in [0.05, 0.1) is 0 Å². The molecule has 0 amide bonds. The fourth-order valence-corrected chi connectivity index (χ4v) is 2.58. The van der Waals surface area contributed by atoms with Crippen molar-refractivity contribution in [3.63, 3.8) is 0 Å². The van der Waals surface area contributed by atoms with Crippen LogP contribution in [0.15, 0.2) is 41.5 Å². The first kappa shape index (κ1) is 12.0. The number of hydrogen-bond donors (Lipinski definition) is 1. The Hall–Kier alpha value is -2.10.